The average molecular weight is 452 g/mol. The number of hydrogen-bond acceptors (Lipinski definition) is 5. The molecule has 0 spiro atoms. The van der Waals surface area contributed by atoms with Gasteiger partial charge < -0.3 is 4.90 Å². The van der Waals surface area contributed by atoms with E-state index in [9.17, 15) is 4.79 Å². The maximum absolute atomic E-state index is 12.9. The molecule has 5 rings (SSSR count). The van der Waals surface area contributed by atoms with Gasteiger partial charge in [-0.05, 0) is 68.9 Å². The van der Waals surface area contributed by atoms with Gasteiger partial charge in [-0.2, -0.15) is 0 Å². The molecular weight excluding hydrogens is 422 g/mol. The quantitative estimate of drug-likeness (QED) is 0.382. The van der Waals surface area contributed by atoms with Crippen molar-refractivity contribution in [1.82, 2.24) is 14.9 Å². The number of rotatable bonds is 5. The first-order valence-electron chi connectivity index (χ1n) is 11.4. The average Bonchev–Trinajstić information content (AvgIpc) is 3.16. The fourth-order valence-corrected chi connectivity index (χ4v) is 7.26. The van der Waals surface area contributed by atoms with Crippen molar-refractivity contribution in [2.45, 2.75) is 56.9 Å². The van der Waals surface area contributed by atoms with E-state index >= 15 is 0 Å². The third-order valence-corrected chi connectivity index (χ3v) is 8.71. The van der Waals surface area contributed by atoms with Gasteiger partial charge in [-0.1, -0.05) is 42.1 Å². The van der Waals surface area contributed by atoms with E-state index in [0.29, 0.717) is 11.7 Å². The Morgan fingerprint density at radius 2 is 1.90 bits per heavy atom. The molecule has 2 aliphatic rings. The standard InChI is InChI=1S/C25H29N3OS2/c1-17-26-24(23-20-9-5-6-10-21(20)31-25(23)27-17)30-16-22(29)28-13-11-19(12-14-28)15-18-7-3-2-4-8-18/h2-4,7-8,19H,5-6,9-16H2,1H3. The van der Waals surface area contributed by atoms with E-state index in [1.165, 1.54) is 34.2 Å². The Morgan fingerprint density at radius 3 is 2.71 bits per heavy atom. The van der Waals surface area contributed by atoms with Crippen LogP contribution in [0.4, 0.5) is 0 Å². The van der Waals surface area contributed by atoms with Gasteiger partial charge in [0.15, 0.2) is 0 Å². The molecule has 1 saturated heterocycles. The maximum Gasteiger partial charge on any atom is 0.232 e. The van der Waals surface area contributed by atoms with E-state index in [-0.39, 0.29) is 5.91 Å². The first-order valence-corrected chi connectivity index (χ1v) is 13.2. The molecule has 1 aliphatic heterocycles. The predicted octanol–water partition coefficient (Wildman–Crippen LogP) is 5.45. The van der Waals surface area contributed by atoms with Gasteiger partial charge in [0, 0.05) is 23.4 Å². The highest BCUT2D eigenvalue weighted by Gasteiger charge is 2.25. The molecule has 0 radical (unpaired) electrons. The van der Waals surface area contributed by atoms with Crippen molar-refractivity contribution in [1.29, 1.82) is 0 Å². The smallest absolute Gasteiger partial charge is 0.232 e. The van der Waals surface area contributed by atoms with Crippen molar-refractivity contribution >= 4 is 39.2 Å². The van der Waals surface area contributed by atoms with Crippen molar-refractivity contribution in [2.24, 2.45) is 5.92 Å². The van der Waals surface area contributed by atoms with Crippen LogP contribution in [0.5, 0.6) is 0 Å². The fourth-order valence-electron chi connectivity index (χ4n) is 4.89. The SMILES string of the molecule is Cc1nc(SCC(=O)N2CCC(Cc3ccccc3)CC2)c2c3c(sc2n1)CCCC3. The lowest BCUT2D eigenvalue weighted by Crippen LogP contribution is -2.39. The molecular formula is C25H29N3OS2. The Kier molecular flexibility index (Phi) is 6.28. The van der Waals surface area contributed by atoms with E-state index in [1.807, 2.05) is 18.3 Å². The molecule has 2 aromatic heterocycles. The van der Waals surface area contributed by atoms with E-state index in [0.717, 1.165) is 60.9 Å². The largest absolute Gasteiger partial charge is 0.342 e. The van der Waals surface area contributed by atoms with E-state index in [2.05, 4.69) is 35.2 Å². The number of fused-ring (bicyclic) bond motifs is 3. The Hall–Kier alpha value is -1.92. The highest BCUT2D eigenvalue weighted by molar-refractivity contribution is 8.00. The summed E-state index contributed by atoms with van der Waals surface area (Å²) in [5.74, 6) is 2.21. The lowest BCUT2D eigenvalue weighted by molar-refractivity contribution is -0.129. The van der Waals surface area contributed by atoms with Crippen LogP contribution in [0.2, 0.25) is 0 Å². The molecule has 1 fully saturated rings. The van der Waals surface area contributed by atoms with Gasteiger partial charge in [-0.15, -0.1) is 11.3 Å². The highest BCUT2D eigenvalue weighted by atomic mass is 32.2. The number of carbonyl (C=O) groups excluding carboxylic acids is 1. The predicted molar refractivity (Wildman–Crippen MR) is 129 cm³/mol. The number of benzene rings is 1. The number of hydrogen-bond donors (Lipinski definition) is 0. The summed E-state index contributed by atoms with van der Waals surface area (Å²) in [5, 5.41) is 2.24. The van der Waals surface area contributed by atoms with Gasteiger partial charge >= 0.3 is 0 Å². The molecule has 1 amide bonds. The molecule has 0 bridgehead atoms. The van der Waals surface area contributed by atoms with Gasteiger partial charge in [-0.3, -0.25) is 4.79 Å². The lowest BCUT2D eigenvalue weighted by atomic mass is 9.90. The number of amides is 1. The molecule has 3 heterocycles. The molecule has 0 unspecified atom stereocenters. The summed E-state index contributed by atoms with van der Waals surface area (Å²) >= 11 is 3.44. The zero-order valence-corrected chi connectivity index (χ0v) is 19.7. The minimum Gasteiger partial charge on any atom is -0.342 e. The second-order valence-corrected chi connectivity index (χ2v) is 10.8. The molecule has 31 heavy (non-hydrogen) atoms. The van der Waals surface area contributed by atoms with Crippen molar-refractivity contribution < 1.29 is 4.79 Å². The van der Waals surface area contributed by atoms with Gasteiger partial charge in [0.25, 0.3) is 0 Å². The molecule has 0 atom stereocenters. The highest BCUT2D eigenvalue weighted by Crippen LogP contribution is 2.39. The van der Waals surface area contributed by atoms with Crippen LogP contribution in [-0.4, -0.2) is 39.6 Å². The number of likely N-dealkylation sites (tertiary alicyclic amines) is 1. The summed E-state index contributed by atoms with van der Waals surface area (Å²) < 4.78 is 0. The molecule has 0 N–H and O–H groups in total. The van der Waals surface area contributed by atoms with Crippen molar-refractivity contribution in [3.8, 4) is 0 Å². The Bertz CT molecular complexity index is 1070. The van der Waals surface area contributed by atoms with Crippen LogP contribution in [0.25, 0.3) is 10.2 Å². The Morgan fingerprint density at radius 1 is 1.13 bits per heavy atom. The van der Waals surface area contributed by atoms with Crippen LogP contribution in [0, 0.1) is 12.8 Å². The number of piperidine rings is 1. The van der Waals surface area contributed by atoms with Crippen molar-refractivity contribution in [3.05, 3.63) is 52.2 Å². The molecule has 3 aromatic rings. The minimum absolute atomic E-state index is 0.247. The van der Waals surface area contributed by atoms with Crippen LogP contribution < -0.4 is 0 Å². The summed E-state index contributed by atoms with van der Waals surface area (Å²) in [4.78, 5) is 27.0. The monoisotopic (exact) mass is 451 g/mol. The molecule has 1 aromatic carbocycles. The second-order valence-electron chi connectivity index (χ2n) is 8.77. The third-order valence-electron chi connectivity index (χ3n) is 6.56. The number of aryl methyl sites for hydroxylation is 3. The number of thiophene rings is 1. The number of aromatic nitrogens is 2. The Labute approximate surface area is 192 Å². The first kappa shape index (κ1) is 21.0. The summed E-state index contributed by atoms with van der Waals surface area (Å²) in [5.41, 5.74) is 2.85. The van der Waals surface area contributed by atoms with Gasteiger partial charge in [0.2, 0.25) is 5.91 Å². The minimum atomic E-state index is 0.247. The topological polar surface area (TPSA) is 46.1 Å². The van der Waals surface area contributed by atoms with Crippen LogP contribution in [0.3, 0.4) is 0 Å². The molecule has 162 valence electrons. The van der Waals surface area contributed by atoms with Gasteiger partial charge in [0.05, 0.1) is 5.75 Å². The second kappa shape index (κ2) is 9.29. The zero-order chi connectivity index (χ0) is 21.2. The first-order chi connectivity index (χ1) is 15.2. The fraction of sp³-hybridized carbons (Fsp3) is 0.480. The molecule has 0 saturated carbocycles. The Balaban J connectivity index is 1.21. The maximum atomic E-state index is 12.9. The normalized spacial score (nSPS) is 17.1. The number of nitrogens with zero attached hydrogens (tertiary/aromatic N) is 3. The van der Waals surface area contributed by atoms with Crippen LogP contribution >= 0.6 is 23.1 Å². The molecule has 1 aliphatic carbocycles. The molecule has 4 nitrogen and oxygen atoms in total. The lowest BCUT2D eigenvalue weighted by Gasteiger charge is -2.32. The third kappa shape index (κ3) is 4.65. The van der Waals surface area contributed by atoms with Crippen LogP contribution in [-0.2, 0) is 24.1 Å². The summed E-state index contributed by atoms with van der Waals surface area (Å²) in [6, 6.07) is 10.7. The summed E-state index contributed by atoms with van der Waals surface area (Å²) in [7, 11) is 0. The van der Waals surface area contributed by atoms with E-state index in [4.69, 9.17) is 9.97 Å². The number of carbonyl (C=O) groups is 1. The van der Waals surface area contributed by atoms with Crippen LogP contribution in [0.1, 0.15) is 47.5 Å². The van der Waals surface area contributed by atoms with Crippen LogP contribution in [0.15, 0.2) is 35.4 Å². The zero-order valence-electron chi connectivity index (χ0n) is 18.1. The van der Waals surface area contributed by atoms with Crippen molar-refractivity contribution in [3.63, 3.8) is 0 Å². The van der Waals surface area contributed by atoms with E-state index < -0.39 is 0 Å². The van der Waals surface area contributed by atoms with Gasteiger partial charge in [0.1, 0.15) is 15.7 Å². The van der Waals surface area contributed by atoms with E-state index in [1.54, 1.807) is 11.8 Å². The van der Waals surface area contributed by atoms with Crippen molar-refractivity contribution in [2.75, 3.05) is 18.8 Å². The molecule has 6 heteroatoms. The van der Waals surface area contributed by atoms with Gasteiger partial charge in [-0.25, -0.2) is 9.97 Å². The summed E-state index contributed by atoms with van der Waals surface area (Å²) in [6.07, 6.45) is 8.12. The summed E-state index contributed by atoms with van der Waals surface area (Å²) in [6.45, 7) is 3.72. The number of thioether (sulfide) groups is 1.